The maximum atomic E-state index is 13.4. The van der Waals surface area contributed by atoms with Crippen LogP contribution in [0.15, 0.2) is 24.8 Å². The molecule has 3 heteroatoms. The number of rotatable bonds is 3. The van der Waals surface area contributed by atoms with Gasteiger partial charge in [0.2, 0.25) is 0 Å². The number of hydrogen-bond donors (Lipinski definition) is 0. The average molecular weight is 194 g/mol. The minimum absolute atomic E-state index is 0.0619. The Bertz CT molecular complexity index is 383. The number of ether oxygens (including phenoxy) is 1. The molecule has 1 aromatic rings. The van der Waals surface area contributed by atoms with E-state index in [2.05, 4.69) is 6.58 Å². The van der Waals surface area contributed by atoms with Gasteiger partial charge in [0.15, 0.2) is 5.78 Å². The highest BCUT2D eigenvalue weighted by molar-refractivity contribution is 6.06. The van der Waals surface area contributed by atoms with E-state index < -0.39 is 11.6 Å². The first-order valence-corrected chi connectivity index (χ1v) is 4.11. The Balaban J connectivity index is 3.39. The predicted octanol–water partition coefficient (Wildman–Crippen LogP) is 2.51. The summed E-state index contributed by atoms with van der Waals surface area (Å²) in [5.41, 5.74) is 0.646. The lowest BCUT2D eigenvalue weighted by Gasteiger charge is -2.07. The molecular formula is C11H11FO2. The van der Waals surface area contributed by atoms with Crippen LogP contribution in [0.25, 0.3) is 0 Å². The maximum absolute atomic E-state index is 13.4. The fourth-order valence-electron chi connectivity index (χ4n) is 1.21. The molecule has 0 aromatic heterocycles. The molecule has 0 spiro atoms. The lowest BCUT2D eigenvalue weighted by Crippen LogP contribution is -2.03. The quantitative estimate of drug-likeness (QED) is 0.546. The summed E-state index contributed by atoms with van der Waals surface area (Å²) in [6.07, 6.45) is 1.07. The molecule has 0 N–H and O–H groups in total. The Hall–Kier alpha value is -1.64. The van der Waals surface area contributed by atoms with Crippen LogP contribution in [0.1, 0.15) is 15.9 Å². The SMILES string of the molecule is C=CC(=O)c1c(F)cc(C)cc1OC. The lowest BCUT2D eigenvalue weighted by molar-refractivity contribution is 0.104. The summed E-state index contributed by atoms with van der Waals surface area (Å²) in [6.45, 7) is 5.03. The van der Waals surface area contributed by atoms with Crippen LogP contribution in [-0.2, 0) is 0 Å². The molecule has 0 bridgehead atoms. The van der Waals surface area contributed by atoms with E-state index >= 15 is 0 Å². The van der Waals surface area contributed by atoms with E-state index in [0.29, 0.717) is 5.56 Å². The second-order valence-electron chi connectivity index (χ2n) is 2.89. The zero-order chi connectivity index (χ0) is 10.7. The van der Waals surface area contributed by atoms with Gasteiger partial charge in [-0.15, -0.1) is 0 Å². The molecule has 0 amide bonds. The van der Waals surface area contributed by atoms with Gasteiger partial charge in [0, 0.05) is 0 Å². The molecule has 14 heavy (non-hydrogen) atoms. The average Bonchev–Trinajstić information content (AvgIpc) is 2.15. The third kappa shape index (κ3) is 1.82. The van der Waals surface area contributed by atoms with Crippen LogP contribution in [0.4, 0.5) is 4.39 Å². The number of benzene rings is 1. The number of aryl methyl sites for hydroxylation is 1. The molecule has 0 unspecified atom stereocenters. The predicted molar refractivity (Wildman–Crippen MR) is 52.2 cm³/mol. The summed E-state index contributed by atoms with van der Waals surface area (Å²) in [5, 5.41) is 0. The first-order valence-electron chi connectivity index (χ1n) is 4.11. The minimum atomic E-state index is -0.577. The zero-order valence-electron chi connectivity index (χ0n) is 8.13. The van der Waals surface area contributed by atoms with E-state index in [4.69, 9.17) is 4.74 Å². The first-order chi connectivity index (χ1) is 6.60. The van der Waals surface area contributed by atoms with Crippen molar-refractivity contribution in [2.75, 3.05) is 7.11 Å². The normalized spacial score (nSPS) is 9.64. The second-order valence-corrected chi connectivity index (χ2v) is 2.89. The Labute approximate surface area is 82.0 Å². The van der Waals surface area contributed by atoms with Crippen molar-refractivity contribution in [2.45, 2.75) is 6.92 Å². The molecule has 0 aliphatic rings. The zero-order valence-corrected chi connectivity index (χ0v) is 8.13. The molecule has 2 nitrogen and oxygen atoms in total. The topological polar surface area (TPSA) is 26.3 Å². The number of halogens is 1. The van der Waals surface area contributed by atoms with Gasteiger partial charge in [-0.25, -0.2) is 4.39 Å². The minimum Gasteiger partial charge on any atom is -0.496 e. The van der Waals surface area contributed by atoms with Crippen LogP contribution < -0.4 is 4.74 Å². The molecule has 0 aliphatic carbocycles. The van der Waals surface area contributed by atoms with Crippen molar-refractivity contribution in [3.05, 3.63) is 41.7 Å². The molecule has 0 fully saturated rings. The number of carbonyl (C=O) groups is 1. The summed E-state index contributed by atoms with van der Waals surface area (Å²) >= 11 is 0. The molecule has 1 aromatic carbocycles. The van der Waals surface area contributed by atoms with E-state index in [-0.39, 0.29) is 11.3 Å². The number of allylic oxidation sites excluding steroid dienone is 1. The fourth-order valence-corrected chi connectivity index (χ4v) is 1.21. The molecule has 0 aliphatic heterocycles. The Morgan fingerprint density at radius 2 is 2.21 bits per heavy atom. The van der Waals surface area contributed by atoms with Crippen LogP contribution >= 0.6 is 0 Å². The molecule has 0 saturated carbocycles. The highest BCUT2D eigenvalue weighted by atomic mass is 19.1. The summed E-state index contributed by atoms with van der Waals surface area (Å²) in [7, 11) is 1.40. The van der Waals surface area contributed by atoms with Crippen molar-refractivity contribution in [3.63, 3.8) is 0 Å². The van der Waals surface area contributed by atoms with E-state index in [1.54, 1.807) is 13.0 Å². The lowest BCUT2D eigenvalue weighted by atomic mass is 10.1. The summed E-state index contributed by atoms with van der Waals surface area (Å²) in [4.78, 5) is 11.3. The van der Waals surface area contributed by atoms with Gasteiger partial charge in [0.1, 0.15) is 11.6 Å². The monoisotopic (exact) mass is 194 g/mol. The highest BCUT2D eigenvalue weighted by Crippen LogP contribution is 2.24. The van der Waals surface area contributed by atoms with Gasteiger partial charge < -0.3 is 4.74 Å². The van der Waals surface area contributed by atoms with Crippen LogP contribution in [0.5, 0.6) is 5.75 Å². The number of carbonyl (C=O) groups excluding carboxylic acids is 1. The molecule has 0 atom stereocenters. The Morgan fingerprint density at radius 3 is 2.71 bits per heavy atom. The van der Waals surface area contributed by atoms with Crippen molar-refractivity contribution >= 4 is 5.78 Å². The standard InChI is InChI=1S/C11H11FO2/c1-4-9(13)11-8(12)5-7(2)6-10(11)14-3/h4-6H,1H2,2-3H3. The maximum Gasteiger partial charge on any atom is 0.191 e. The molecule has 1 rings (SSSR count). The molecular weight excluding hydrogens is 183 g/mol. The van der Waals surface area contributed by atoms with Gasteiger partial charge in [-0.3, -0.25) is 4.79 Å². The van der Waals surface area contributed by atoms with E-state index in [0.717, 1.165) is 6.08 Å². The smallest absolute Gasteiger partial charge is 0.191 e. The molecule has 0 radical (unpaired) electrons. The second kappa shape index (κ2) is 4.05. The van der Waals surface area contributed by atoms with Gasteiger partial charge in [0.05, 0.1) is 12.7 Å². The number of ketones is 1. The fraction of sp³-hybridized carbons (Fsp3) is 0.182. The van der Waals surface area contributed by atoms with Crippen molar-refractivity contribution in [1.29, 1.82) is 0 Å². The summed E-state index contributed by atoms with van der Waals surface area (Å²) < 4.78 is 18.3. The summed E-state index contributed by atoms with van der Waals surface area (Å²) in [5.74, 6) is -0.807. The van der Waals surface area contributed by atoms with Gasteiger partial charge in [-0.1, -0.05) is 6.58 Å². The third-order valence-electron chi connectivity index (χ3n) is 1.85. The Morgan fingerprint density at radius 1 is 1.57 bits per heavy atom. The highest BCUT2D eigenvalue weighted by Gasteiger charge is 2.15. The summed E-state index contributed by atoms with van der Waals surface area (Å²) in [6, 6.07) is 2.90. The Kier molecular flexibility index (Phi) is 3.02. The molecule has 0 heterocycles. The van der Waals surface area contributed by atoms with Gasteiger partial charge in [-0.2, -0.15) is 0 Å². The van der Waals surface area contributed by atoms with Crippen molar-refractivity contribution < 1.29 is 13.9 Å². The van der Waals surface area contributed by atoms with Gasteiger partial charge >= 0.3 is 0 Å². The van der Waals surface area contributed by atoms with Crippen molar-refractivity contribution in [2.24, 2.45) is 0 Å². The molecule has 0 saturated heterocycles. The van der Waals surface area contributed by atoms with Crippen molar-refractivity contribution in [3.8, 4) is 5.75 Å². The van der Waals surface area contributed by atoms with E-state index in [1.807, 2.05) is 0 Å². The van der Waals surface area contributed by atoms with Gasteiger partial charge in [0.25, 0.3) is 0 Å². The van der Waals surface area contributed by atoms with Crippen LogP contribution in [0, 0.1) is 12.7 Å². The van der Waals surface area contributed by atoms with E-state index in [9.17, 15) is 9.18 Å². The largest absolute Gasteiger partial charge is 0.496 e. The number of hydrogen-bond acceptors (Lipinski definition) is 2. The first kappa shape index (κ1) is 10.4. The van der Waals surface area contributed by atoms with Gasteiger partial charge in [-0.05, 0) is 30.7 Å². The number of methoxy groups -OCH3 is 1. The molecule has 74 valence electrons. The van der Waals surface area contributed by atoms with Crippen LogP contribution in [-0.4, -0.2) is 12.9 Å². The van der Waals surface area contributed by atoms with Crippen LogP contribution in [0.2, 0.25) is 0 Å². The third-order valence-corrected chi connectivity index (χ3v) is 1.85. The van der Waals surface area contributed by atoms with Crippen molar-refractivity contribution in [1.82, 2.24) is 0 Å². The van der Waals surface area contributed by atoms with E-state index in [1.165, 1.54) is 13.2 Å². The van der Waals surface area contributed by atoms with Crippen LogP contribution in [0.3, 0.4) is 0 Å².